The highest BCUT2D eigenvalue weighted by Crippen LogP contribution is 2.14. The number of nitrogens with one attached hydrogen (secondary N) is 1. The van der Waals surface area contributed by atoms with Crippen LogP contribution in [0.5, 0.6) is 0 Å². The second-order valence-electron chi connectivity index (χ2n) is 5.28. The summed E-state index contributed by atoms with van der Waals surface area (Å²) in [6, 6.07) is 18.4. The number of hydrogen-bond donors (Lipinski definition) is 1. The minimum absolute atomic E-state index is 0.242. The van der Waals surface area contributed by atoms with Crippen LogP contribution in [0.15, 0.2) is 54.6 Å². The maximum atomic E-state index is 12.3. The third-order valence-corrected chi connectivity index (χ3v) is 3.58. The van der Waals surface area contributed by atoms with Crippen LogP contribution in [-0.2, 0) is 16.1 Å². The van der Waals surface area contributed by atoms with Gasteiger partial charge in [-0.3, -0.25) is 9.59 Å². The molecule has 0 atom stereocenters. The zero-order chi connectivity index (χ0) is 17.4. The Bertz CT molecular complexity index is 751. The number of carbonyl (C=O) groups excluding carboxylic acids is 2. The molecular formula is C19H19N3O2. The molecule has 0 saturated heterocycles. The number of amides is 2. The highest BCUT2D eigenvalue weighted by atomic mass is 16.2. The molecule has 0 aliphatic heterocycles. The fourth-order valence-electron chi connectivity index (χ4n) is 2.31. The molecule has 2 aromatic carbocycles. The lowest BCUT2D eigenvalue weighted by atomic mass is 10.2. The van der Waals surface area contributed by atoms with E-state index in [0.717, 1.165) is 5.56 Å². The average Bonchev–Trinajstić information content (AvgIpc) is 2.60. The van der Waals surface area contributed by atoms with Crippen molar-refractivity contribution in [2.75, 3.05) is 11.9 Å². The summed E-state index contributed by atoms with van der Waals surface area (Å²) in [7, 11) is 0. The van der Waals surface area contributed by atoms with Crippen molar-refractivity contribution in [3.8, 4) is 6.07 Å². The Kier molecular flexibility index (Phi) is 6.09. The summed E-state index contributed by atoms with van der Waals surface area (Å²) in [5, 5.41) is 11.7. The molecule has 122 valence electrons. The van der Waals surface area contributed by atoms with Crippen molar-refractivity contribution in [2.24, 2.45) is 0 Å². The van der Waals surface area contributed by atoms with Gasteiger partial charge in [-0.25, -0.2) is 0 Å². The van der Waals surface area contributed by atoms with E-state index < -0.39 is 5.91 Å². The predicted octanol–water partition coefficient (Wildman–Crippen LogP) is 2.94. The van der Waals surface area contributed by atoms with Crippen molar-refractivity contribution in [3.63, 3.8) is 0 Å². The van der Waals surface area contributed by atoms with Gasteiger partial charge in [0.2, 0.25) is 11.8 Å². The number of nitrogens with zero attached hydrogens (tertiary/aromatic N) is 2. The first-order valence-corrected chi connectivity index (χ1v) is 7.74. The Labute approximate surface area is 141 Å². The number of rotatable bonds is 6. The zero-order valence-electron chi connectivity index (χ0n) is 13.5. The van der Waals surface area contributed by atoms with Gasteiger partial charge in [-0.05, 0) is 24.6 Å². The Morgan fingerprint density at radius 1 is 1.08 bits per heavy atom. The van der Waals surface area contributed by atoms with Crippen LogP contribution in [0.25, 0.3) is 0 Å². The molecule has 0 radical (unpaired) electrons. The standard InChI is InChI=1S/C19H19N3O2/c1-2-22(14-15-8-4-3-5-9-15)19(24)12-18(23)21-17-11-7-6-10-16(17)13-20/h3-11H,2,12,14H2,1H3,(H,21,23). The van der Waals surface area contributed by atoms with Crippen LogP contribution in [0.1, 0.15) is 24.5 Å². The molecule has 0 saturated carbocycles. The summed E-state index contributed by atoms with van der Waals surface area (Å²) in [6.45, 7) is 2.87. The Morgan fingerprint density at radius 2 is 1.75 bits per heavy atom. The van der Waals surface area contributed by atoms with Crippen LogP contribution in [0.4, 0.5) is 5.69 Å². The lowest BCUT2D eigenvalue weighted by Gasteiger charge is -2.21. The van der Waals surface area contributed by atoms with E-state index in [0.29, 0.717) is 24.3 Å². The topological polar surface area (TPSA) is 73.2 Å². The van der Waals surface area contributed by atoms with Gasteiger partial charge in [0, 0.05) is 13.1 Å². The van der Waals surface area contributed by atoms with Crippen LogP contribution in [0, 0.1) is 11.3 Å². The fraction of sp³-hybridized carbons (Fsp3) is 0.211. The first kappa shape index (κ1) is 17.2. The average molecular weight is 321 g/mol. The van der Waals surface area contributed by atoms with Gasteiger partial charge in [0.15, 0.2) is 0 Å². The lowest BCUT2D eigenvalue weighted by molar-refractivity contribution is -0.134. The number of anilines is 1. The molecule has 0 fully saturated rings. The molecule has 2 aromatic rings. The Hall–Kier alpha value is -3.13. The van der Waals surface area contributed by atoms with Gasteiger partial charge in [0.1, 0.15) is 12.5 Å². The molecule has 0 unspecified atom stereocenters. The van der Waals surface area contributed by atoms with Crippen LogP contribution in [0.2, 0.25) is 0 Å². The van der Waals surface area contributed by atoms with Gasteiger partial charge in [0.05, 0.1) is 11.3 Å². The van der Waals surface area contributed by atoms with Crippen molar-refractivity contribution >= 4 is 17.5 Å². The lowest BCUT2D eigenvalue weighted by Crippen LogP contribution is -2.33. The Balaban J connectivity index is 1.97. The van der Waals surface area contributed by atoms with E-state index in [1.165, 1.54) is 0 Å². The van der Waals surface area contributed by atoms with Gasteiger partial charge in [-0.1, -0.05) is 42.5 Å². The highest BCUT2D eigenvalue weighted by molar-refractivity contribution is 6.04. The molecule has 0 aromatic heterocycles. The van der Waals surface area contributed by atoms with E-state index in [9.17, 15) is 9.59 Å². The smallest absolute Gasteiger partial charge is 0.233 e. The summed E-state index contributed by atoms with van der Waals surface area (Å²) in [6.07, 6.45) is -0.250. The van der Waals surface area contributed by atoms with Crippen molar-refractivity contribution in [3.05, 3.63) is 65.7 Å². The van der Waals surface area contributed by atoms with E-state index in [1.54, 1.807) is 29.2 Å². The van der Waals surface area contributed by atoms with Crippen molar-refractivity contribution in [1.82, 2.24) is 4.90 Å². The second-order valence-corrected chi connectivity index (χ2v) is 5.28. The van der Waals surface area contributed by atoms with Crippen molar-refractivity contribution in [1.29, 1.82) is 5.26 Å². The van der Waals surface area contributed by atoms with Gasteiger partial charge < -0.3 is 10.2 Å². The van der Waals surface area contributed by atoms with E-state index in [1.807, 2.05) is 43.3 Å². The van der Waals surface area contributed by atoms with Gasteiger partial charge in [0.25, 0.3) is 0 Å². The summed E-state index contributed by atoms with van der Waals surface area (Å²) in [5.74, 6) is -0.664. The zero-order valence-corrected chi connectivity index (χ0v) is 13.5. The molecule has 0 bridgehead atoms. The summed E-state index contributed by atoms with van der Waals surface area (Å²) in [5.41, 5.74) is 1.81. The predicted molar refractivity (Wildman–Crippen MR) is 91.9 cm³/mol. The second kappa shape index (κ2) is 8.49. The summed E-state index contributed by atoms with van der Waals surface area (Å²) < 4.78 is 0. The molecule has 0 heterocycles. The van der Waals surface area contributed by atoms with Gasteiger partial charge in [-0.2, -0.15) is 5.26 Å². The van der Waals surface area contributed by atoms with Crippen LogP contribution >= 0.6 is 0 Å². The molecule has 5 nitrogen and oxygen atoms in total. The molecule has 2 rings (SSSR count). The number of carbonyl (C=O) groups is 2. The van der Waals surface area contributed by atoms with E-state index in [2.05, 4.69) is 5.32 Å². The van der Waals surface area contributed by atoms with Crippen molar-refractivity contribution < 1.29 is 9.59 Å². The monoisotopic (exact) mass is 321 g/mol. The third kappa shape index (κ3) is 4.68. The molecule has 0 aliphatic rings. The van der Waals surface area contributed by atoms with E-state index in [-0.39, 0.29) is 12.3 Å². The quantitative estimate of drug-likeness (QED) is 0.831. The normalized spacial score (nSPS) is 9.83. The fourth-order valence-corrected chi connectivity index (χ4v) is 2.31. The molecular weight excluding hydrogens is 302 g/mol. The molecule has 2 amide bonds. The summed E-state index contributed by atoms with van der Waals surface area (Å²) >= 11 is 0. The van der Waals surface area contributed by atoms with Crippen LogP contribution in [-0.4, -0.2) is 23.3 Å². The molecule has 0 spiro atoms. The van der Waals surface area contributed by atoms with Crippen LogP contribution in [0.3, 0.4) is 0 Å². The summed E-state index contributed by atoms with van der Waals surface area (Å²) in [4.78, 5) is 26.1. The van der Waals surface area contributed by atoms with Gasteiger partial charge in [-0.15, -0.1) is 0 Å². The first-order chi connectivity index (χ1) is 11.6. The van der Waals surface area contributed by atoms with E-state index >= 15 is 0 Å². The third-order valence-electron chi connectivity index (χ3n) is 3.58. The number of hydrogen-bond acceptors (Lipinski definition) is 3. The number of nitriles is 1. The van der Waals surface area contributed by atoms with Crippen LogP contribution < -0.4 is 5.32 Å². The molecule has 24 heavy (non-hydrogen) atoms. The van der Waals surface area contributed by atoms with Crippen molar-refractivity contribution in [2.45, 2.75) is 19.9 Å². The largest absolute Gasteiger partial charge is 0.338 e. The minimum Gasteiger partial charge on any atom is -0.338 e. The molecule has 0 aliphatic carbocycles. The maximum absolute atomic E-state index is 12.3. The first-order valence-electron chi connectivity index (χ1n) is 7.74. The maximum Gasteiger partial charge on any atom is 0.233 e. The molecule has 1 N–H and O–H groups in total. The Morgan fingerprint density at radius 3 is 2.42 bits per heavy atom. The SMILES string of the molecule is CCN(Cc1ccccc1)C(=O)CC(=O)Nc1ccccc1C#N. The number of para-hydroxylation sites is 1. The highest BCUT2D eigenvalue weighted by Gasteiger charge is 2.17. The van der Waals surface area contributed by atoms with E-state index in [4.69, 9.17) is 5.26 Å². The van der Waals surface area contributed by atoms with Gasteiger partial charge >= 0.3 is 0 Å². The minimum atomic E-state index is -0.422. The molecule has 5 heteroatoms. The number of benzene rings is 2.